The Morgan fingerprint density at radius 2 is 1.93 bits per heavy atom. The lowest BCUT2D eigenvalue weighted by atomic mass is 10.3. The zero-order valence-electron chi connectivity index (χ0n) is 8.54. The molecule has 0 bridgehead atoms. The number of aromatic nitrogens is 2. The van der Waals surface area contributed by atoms with Crippen LogP contribution < -0.4 is 4.74 Å². The van der Waals surface area contributed by atoms with Gasteiger partial charge in [-0.3, -0.25) is 0 Å². The fourth-order valence-corrected chi connectivity index (χ4v) is 1.09. The van der Waals surface area contributed by atoms with Gasteiger partial charge in [-0.25, -0.2) is 9.97 Å². The Morgan fingerprint density at radius 1 is 1.29 bits per heavy atom. The molecule has 76 valence electrons. The monoisotopic (exact) mass is 212 g/mol. The van der Waals surface area contributed by atoms with Gasteiger partial charge < -0.3 is 4.74 Å². The summed E-state index contributed by atoms with van der Waals surface area (Å²) in [5.41, 5.74) is 1.67. The molecule has 1 aromatic heterocycles. The number of aryl methyl sites for hydroxylation is 2. The predicted molar refractivity (Wildman–Crippen MR) is 56.8 cm³/mol. The van der Waals surface area contributed by atoms with Crippen LogP contribution in [-0.4, -0.2) is 16.6 Å². The standard InChI is InChI=1S/C10H13ClN2O/c1-4-5-6-14-10-9(11)12-7(2)8(3)13-10/h4-5H,6H2,1-3H3/b5-4+. The van der Waals surface area contributed by atoms with Crippen LogP contribution in [0.3, 0.4) is 0 Å². The highest BCUT2D eigenvalue weighted by molar-refractivity contribution is 6.30. The van der Waals surface area contributed by atoms with Crippen molar-refractivity contribution in [2.45, 2.75) is 20.8 Å². The van der Waals surface area contributed by atoms with Crippen LogP contribution in [0, 0.1) is 13.8 Å². The van der Waals surface area contributed by atoms with Crippen LogP contribution in [0.2, 0.25) is 5.15 Å². The molecule has 0 radical (unpaired) electrons. The molecule has 1 aromatic rings. The summed E-state index contributed by atoms with van der Waals surface area (Å²) in [6.07, 6.45) is 3.79. The number of ether oxygens (including phenoxy) is 1. The molecular formula is C10H13ClN2O. The zero-order valence-corrected chi connectivity index (χ0v) is 9.30. The van der Waals surface area contributed by atoms with E-state index in [-0.39, 0.29) is 0 Å². The number of rotatable bonds is 3. The van der Waals surface area contributed by atoms with Crippen molar-refractivity contribution in [2.24, 2.45) is 0 Å². The fraction of sp³-hybridized carbons (Fsp3) is 0.400. The average Bonchev–Trinajstić information content (AvgIpc) is 2.14. The highest BCUT2D eigenvalue weighted by Crippen LogP contribution is 2.20. The van der Waals surface area contributed by atoms with Crippen LogP contribution in [-0.2, 0) is 0 Å². The summed E-state index contributed by atoms with van der Waals surface area (Å²) in [6.45, 7) is 6.13. The molecule has 0 spiro atoms. The summed E-state index contributed by atoms with van der Waals surface area (Å²) < 4.78 is 5.32. The van der Waals surface area contributed by atoms with Crippen molar-refractivity contribution in [3.05, 3.63) is 28.7 Å². The molecule has 0 unspecified atom stereocenters. The number of halogens is 1. The molecule has 3 nitrogen and oxygen atoms in total. The minimum absolute atomic E-state index is 0.317. The lowest BCUT2D eigenvalue weighted by Crippen LogP contribution is -2.01. The van der Waals surface area contributed by atoms with E-state index < -0.39 is 0 Å². The van der Waals surface area contributed by atoms with E-state index in [0.29, 0.717) is 17.6 Å². The molecule has 0 atom stereocenters. The summed E-state index contributed by atoms with van der Waals surface area (Å²) in [4.78, 5) is 8.30. The van der Waals surface area contributed by atoms with E-state index in [2.05, 4.69) is 9.97 Å². The van der Waals surface area contributed by atoms with E-state index in [1.54, 1.807) is 0 Å². The second-order valence-corrected chi connectivity index (χ2v) is 3.23. The molecule has 0 aromatic carbocycles. The largest absolute Gasteiger partial charge is 0.471 e. The Labute approximate surface area is 88.8 Å². The van der Waals surface area contributed by atoms with Crippen LogP contribution >= 0.6 is 11.6 Å². The Kier molecular flexibility index (Phi) is 3.89. The molecule has 0 saturated heterocycles. The number of hydrogen-bond acceptors (Lipinski definition) is 3. The first-order valence-corrected chi connectivity index (χ1v) is 4.77. The average molecular weight is 213 g/mol. The minimum Gasteiger partial charge on any atom is -0.471 e. The second kappa shape index (κ2) is 4.96. The van der Waals surface area contributed by atoms with Gasteiger partial charge in [0.05, 0.1) is 11.4 Å². The molecule has 0 aliphatic carbocycles. The Balaban J connectivity index is 2.81. The van der Waals surface area contributed by atoms with Crippen LogP contribution in [0.5, 0.6) is 5.88 Å². The SMILES string of the molecule is C/C=C/COc1nc(C)c(C)nc1Cl. The first-order chi connectivity index (χ1) is 6.65. The van der Waals surface area contributed by atoms with Crippen LogP contribution in [0.15, 0.2) is 12.2 Å². The molecule has 0 fully saturated rings. The maximum atomic E-state index is 5.86. The third-order valence-electron chi connectivity index (χ3n) is 1.79. The topological polar surface area (TPSA) is 35.0 Å². The molecule has 0 aliphatic heterocycles. The number of hydrogen-bond donors (Lipinski definition) is 0. The first kappa shape index (κ1) is 11.0. The van der Waals surface area contributed by atoms with Crippen LogP contribution in [0.1, 0.15) is 18.3 Å². The minimum atomic E-state index is 0.317. The summed E-state index contributed by atoms with van der Waals surface area (Å²) in [6, 6.07) is 0. The van der Waals surface area contributed by atoms with E-state index in [4.69, 9.17) is 16.3 Å². The van der Waals surface area contributed by atoms with Crippen molar-refractivity contribution in [3.8, 4) is 5.88 Å². The molecule has 1 heterocycles. The van der Waals surface area contributed by atoms with E-state index >= 15 is 0 Å². The first-order valence-electron chi connectivity index (χ1n) is 4.40. The van der Waals surface area contributed by atoms with Gasteiger partial charge in [-0.1, -0.05) is 23.8 Å². The van der Waals surface area contributed by atoms with E-state index in [1.165, 1.54) is 0 Å². The molecule has 14 heavy (non-hydrogen) atoms. The molecule has 0 saturated carbocycles. The van der Waals surface area contributed by atoms with E-state index in [1.807, 2.05) is 32.9 Å². The van der Waals surface area contributed by atoms with Crippen LogP contribution in [0.4, 0.5) is 0 Å². The van der Waals surface area contributed by atoms with Crippen molar-refractivity contribution >= 4 is 11.6 Å². The van der Waals surface area contributed by atoms with Gasteiger partial charge in [-0.2, -0.15) is 0 Å². The lowest BCUT2D eigenvalue weighted by Gasteiger charge is -2.06. The van der Waals surface area contributed by atoms with E-state index in [0.717, 1.165) is 11.4 Å². The summed E-state index contributed by atoms with van der Waals surface area (Å²) in [5, 5.41) is 0.317. The van der Waals surface area contributed by atoms with Gasteiger partial charge in [0.2, 0.25) is 0 Å². The predicted octanol–water partition coefficient (Wildman–Crippen LogP) is 2.70. The van der Waals surface area contributed by atoms with Crippen molar-refractivity contribution in [1.82, 2.24) is 9.97 Å². The molecule has 0 amide bonds. The molecule has 4 heteroatoms. The number of allylic oxidation sites excluding steroid dienone is 1. The van der Waals surface area contributed by atoms with Crippen molar-refractivity contribution in [1.29, 1.82) is 0 Å². The second-order valence-electron chi connectivity index (χ2n) is 2.87. The van der Waals surface area contributed by atoms with Crippen molar-refractivity contribution in [2.75, 3.05) is 6.61 Å². The van der Waals surface area contributed by atoms with Gasteiger partial charge in [0.15, 0.2) is 5.15 Å². The maximum absolute atomic E-state index is 5.86. The smallest absolute Gasteiger partial charge is 0.252 e. The molecule has 0 aliphatic rings. The Bertz CT molecular complexity index is 350. The van der Waals surface area contributed by atoms with Crippen molar-refractivity contribution in [3.63, 3.8) is 0 Å². The van der Waals surface area contributed by atoms with Gasteiger partial charge in [0.25, 0.3) is 5.88 Å². The Hall–Kier alpha value is -1.09. The number of nitrogens with zero attached hydrogens (tertiary/aromatic N) is 2. The normalized spacial score (nSPS) is 10.9. The lowest BCUT2D eigenvalue weighted by molar-refractivity contribution is 0.345. The highest BCUT2D eigenvalue weighted by atomic mass is 35.5. The maximum Gasteiger partial charge on any atom is 0.252 e. The summed E-state index contributed by atoms with van der Waals surface area (Å²) >= 11 is 5.86. The summed E-state index contributed by atoms with van der Waals surface area (Å²) in [7, 11) is 0. The third-order valence-corrected chi connectivity index (χ3v) is 2.03. The summed E-state index contributed by atoms with van der Waals surface area (Å²) in [5.74, 6) is 0.396. The molecule has 1 rings (SSSR count). The molecule has 0 N–H and O–H groups in total. The van der Waals surface area contributed by atoms with Crippen LogP contribution in [0.25, 0.3) is 0 Å². The fourth-order valence-electron chi connectivity index (χ4n) is 0.870. The highest BCUT2D eigenvalue weighted by Gasteiger charge is 2.06. The van der Waals surface area contributed by atoms with Crippen molar-refractivity contribution < 1.29 is 4.74 Å². The van der Waals surface area contributed by atoms with E-state index in [9.17, 15) is 0 Å². The van der Waals surface area contributed by atoms with Gasteiger partial charge >= 0.3 is 0 Å². The quantitative estimate of drug-likeness (QED) is 0.723. The zero-order chi connectivity index (χ0) is 10.6. The van der Waals surface area contributed by atoms with Gasteiger partial charge in [-0.05, 0) is 20.8 Å². The van der Waals surface area contributed by atoms with Gasteiger partial charge in [0.1, 0.15) is 6.61 Å². The van der Waals surface area contributed by atoms with Gasteiger partial charge in [-0.15, -0.1) is 0 Å². The van der Waals surface area contributed by atoms with Gasteiger partial charge in [0, 0.05) is 0 Å². The molecular weight excluding hydrogens is 200 g/mol. The third kappa shape index (κ3) is 2.70. The Morgan fingerprint density at radius 3 is 2.57 bits per heavy atom.